The quantitative estimate of drug-likeness (QED) is 0.124. The van der Waals surface area contributed by atoms with Gasteiger partial charge in [0.25, 0.3) is 7.82 Å². The van der Waals surface area contributed by atoms with Crippen LogP contribution in [0.25, 0.3) is 0 Å². The van der Waals surface area contributed by atoms with E-state index >= 15 is 0 Å². The van der Waals surface area contributed by atoms with Gasteiger partial charge in [0.05, 0.1) is 25.4 Å². The van der Waals surface area contributed by atoms with E-state index in [1.165, 1.54) is 0 Å². The molecule has 0 aromatic heterocycles. The van der Waals surface area contributed by atoms with Gasteiger partial charge in [0.2, 0.25) is 0 Å². The number of hydrogen-bond acceptors (Lipinski definition) is 8. The molecule has 8 nitrogen and oxygen atoms in total. The SMILES string of the molecule is C=CC(=O)OC(C)CCCOP(=O)([O-])OCCCC(C)OC(=O)C=C.[Na+]. The first-order valence-electron chi connectivity index (χ1n) is 7.96. The molecule has 10 heteroatoms. The van der Waals surface area contributed by atoms with E-state index in [9.17, 15) is 19.0 Å². The second kappa shape index (κ2) is 15.6. The molecule has 0 aliphatic heterocycles. The van der Waals surface area contributed by atoms with Crippen LogP contribution in [0.4, 0.5) is 0 Å². The van der Waals surface area contributed by atoms with Crippen molar-refractivity contribution in [2.45, 2.75) is 51.7 Å². The van der Waals surface area contributed by atoms with Crippen LogP contribution in [0.15, 0.2) is 25.3 Å². The van der Waals surface area contributed by atoms with Gasteiger partial charge in [0, 0.05) is 12.2 Å². The fourth-order valence-electron chi connectivity index (χ4n) is 1.74. The molecule has 0 bridgehead atoms. The van der Waals surface area contributed by atoms with Gasteiger partial charge in [-0.2, -0.15) is 0 Å². The smallest absolute Gasteiger partial charge is 0.756 e. The summed E-state index contributed by atoms with van der Waals surface area (Å²) in [5, 5.41) is 0. The van der Waals surface area contributed by atoms with Crippen LogP contribution in [0, 0.1) is 0 Å². The van der Waals surface area contributed by atoms with Crippen LogP contribution < -0.4 is 34.5 Å². The number of phosphoric ester groups is 1. The molecule has 0 heterocycles. The van der Waals surface area contributed by atoms with Crippen LogP contribution in [0.3, 0.4) is 0 Å². The number of esters is 2. The van der Waals surface area contributed by atoms with E-state index in [2.05, 4.69) is 13.2 Å². The van der Waals surface area contributed by atoms with Crippen LogP contribution in [0.5, 0.6) is 0 Å². The molecule has 0 fully saturated rings. The van der Waals surface area contributed by atoms with Crippen LogP contribution in [-0.2, 0) is 32.7 Å². The van der Waals surface area contributed by atoms with E-state index in [1.807, 2.05) is 0 Å². The van der Waals surface area contributed by atoms with Gasteiger partial charge in [-0.3, -0.25) is 4.57 Å². The van der Waals surface area contributed by atoms with E-state index in [0.29, 0.717) is 25.7 Å². The Morgan fingerprint density at radius 2 is 1.31 bits per heavy atom. The maximum Gasteiger partial charge on any atom is 1.00 e. The summed E-state index contributed by atoms with van der Waals surface area (Å²) in [4.78, 5) is 33.5. The third-order valence-corrected chi connectivity index (χ3v) is 3.97. The van der Waals surface area contributed by atoms with Crippen molar-refractivity contribution in [2.75, 3.05) is 13.2 Å². The van der Waals surface area contributed by atoms with E-state index in [1.54, 1.807) is 13.8 Å². The van der Waals surface area contributed by atoms with E-state index in [0.717, 1.165) is 12.2 Å². The molecule has 0 aliphatic carbocycles. The van der Waals surface area contributed by atoms with Gasteiger partial charge in [-0.05, 0) is 39.5 Å². The summed E-state index contributed by atoms with van der Waals surface area (Å²) < 4.78 is 30.9. The van der Waals surface area contributed by atoms with E-state index in [-0.39, 0.29) is 55.0 Å². The van der Waals surface area contributed by atoms with Crippen LogP contribution in [-0.4, -0.2) is 37.4 Å². The number of carbonyl (C=O) groups is 2. The molecule has 0 amide bonds. The van der Waals surface area contributed by atoms with Crippen molar-refractivity contribution in [1.29, 1.82) is 0 Å². The predicted molar refractivity (Wildman–Crippen MR) is 89.5 cm³/mol. The third-order valence-electron chi connectivity index (χ3n) is 2.98. The first kappa shape index (κ1) is 27.7. The first-order valence-corrected chi connectivity index (χ1v) is 9.42. The average Bonchev–Trinajstić information content (AvgIpc) is 2.55. The summed E-state index contributed by atoms with van der Waals surface area (Å²) in [5.41, 5.74) is 0. The number of ether oxygens (including phenoxy) is 2. The minimum Gasteiger partial charge on any atom is -0.756 e. The Hall–Kier alpha value is -0.470. The zero-order valence-corrected chi connectivity index (χ0v) is 18.6. The first-order chi connectivity index (χ1) is 11.7. The Bertz CT molecular complexity index is 457. The molecule has 2 atom stereocenters. The van der Waals surface area contributed by atoms with Crippen molar-refractivity contribution in [3.05, 3.63) is 25.3 Å². The van der Waals surface area contributed by atoms with Gasteiger partial charge >= 0.3 is 41.5 Å². The molecule has 0 saturated carbocycles. The van der Waals surface area contributed by atoms with E-state index < -0.39 is 19.8 Å². The number of carbonyl (C=O) groups excluding carboxylic acids is 2. The average molecular weight is 400 g/mol. The minimum absolute atomic E-state index is 0. The number of phosphoric acid groups is 1. The molecule has 0 N–H and O–H groups in total. The maximum atomic E-state index is 11.6. The fraction of sp³-hybridized carbons (Fsp3) is 0.625. The Kier molecular flexibility index (Phi) is 16.6. The summed E-state index contributed by atoms with van der Waals surface area (Å²) >= 11 is 0. The van der Waals surface area contributed by atoms with Gasteiger partial charge in [-0.25, -0.2) is 9.59 Å². The second-order valence-corrected chi connectivity index (χ2v) is 6.71. The van der Waals surface area contributed by atoms with Crippen molar-refractivity contribution in [2.24, 2.45) is 0 Å². The maximum absolute atomic E-state index is 11.6. The molecular weight excluding hydrogens is 374 g/mol. The molecule has 0 aliphatic rings. The third kappa shape index (κ3) is 15.8. The molecule has 0 saturated heterocycles. The summed E-state index contributed by atoms with van der Waals surface area (Å²) in [6.45, 7) is 9.82. The van der Waals surface area contributed by atoms with Gasteiger partial charge in [0.1, 0.15) is 0 Å². The largest absolute Gasteiger partial charge is 1.00 e. The molecule has 2 unspecified atom stereocenters. The monoisotopic (exact) mass is 400 g/mol. The van der Waals surface area contributed by atoms with Gasteiger partial charge in [0.15, 0.2) is 0 Å². The molecule has 0 rings (SSSR count). The molecule has 144 valence electrons. The summed E-state index contributed by atoms with van der Waals surface area (Å²) in [6.07, 6.45) is 3.07. The molecule has 0 aromatic rings. The summed E-state index contributed by atoms with van der Waals surface area (Å²) in [6, 6.07) is 0. The topological polar surface area (TPSA) is 111 Å². The van der Waals surface area contributed by atoms with Crippen LogP contribution in [0.2, 0.25) is 0 Å². The van der Waals surface area contributed by atoms with Gasteiger partial charge < -0.3 is 23.4 Å². The molecule has 0 spiro atoms. The van der Waals surface area contributed by atoms with Crippen LogP contribution in [0.1, 0.15) is 39.5 Å². The number of hydrogen-bond donors (Lipinski definition) is 0. The summed E-state index contributed by atoms with van der Waals surface area (Å²) in [5.74, 6) is -1.06. The Morgan fingerprint density at radius 3 is 1.62 bits per heavy atom. The Labute approximate surface area is 176 Å². The standard InChI is InChI=1S/C16H27O8P.Na/c1-5-15(17)23-13(3)9-7-11-21-25(19,20)22-12-8-10-14(4)24-16(18)6-2;/h5-6,13-14H,1-2,7-12H2,3-4H3,(H,19,20);/q;+1/p-1. The van der Waals surface area contributed by atoms with E-state index in [4.69, 9.17) is 18.5 Å². The van der Waals surface area contributed by atoms with Crippen LogP contribution >= 0.6 is 7.82 Å². The predicted octanol–water partition coefficient (Wildman–Crippen LogP) is -0.712. The molecule has 0 radical (unpaired) electrons. The Morgan fingerprint density at radius 1 is 0.962 bits per heavy atom. The van der Waals surface area contributed by atoms with Crippen molar-refractivity contribution in [3.8, 4) is 0 Å². The van der Waals surface area contributed by atoms with Crippen molar-refractivity contribution < 1.29 is 67.1 Å². The minimum atomic E-state index is -4.38. The van der Waals surface area contributed by atoms with Gasteiger partial charge in [-0.15, -0.1) is 0 Å². The molecule has 26 heavy (non-hydrogen) atoms. The van der Waals surface area contributed by atoms with Crippen molar-refractivity contribution in [3.63, 3.8) is 0 Å². The zero-order chi connectivity index (χ0) is 19.3. The van der Waals surface area contributed by atoms with Crippen molar-refractivity contribution in [1.82, 2.24) is 0 Å². The normalized spacial score (nSPS) is 14.9. The second-order valence-electron chi connectivity index (χ2n) is 5.30. The number of rotatable bonds is 14. The zero-order valence-electron chi connectivity index (χ0n) is 15.7. The fourth-order valence-corrected chi connectivity index (χ4v) is 2.52. The Balaban J connectivity index is 0. The van der Waals surface area contributed by atoms with Crippen molar-refractivity contribution >= 4 is 19.8 Å². The molecule has 0 aromatic carbocycles. The van der Waals surface area contributed by atoms with Gasteiger partial charge in [-0.1, -0.05) is 13.2 Å². The summed E-state index contributed by atoms with van der Waals surface area (Å²) in [7, 11) is -4.38. The molecular formula is C16H26NaO8P.